The Bertz CT molecular complexity index is 403. The van der Waals surface area contributed by atoms with Crippen molar-refractivity contribution in [3.05, 3.63) is 35.7 Å². The maximum atomic E-state index is 12.8. The highest BCUT2D eigenvalue weighted by atomic mass is 19.4. The minimum Gasteiger partial charge on any atom is -0.385 e. The standard InChI is InChI=1S/C11H14F3N3/c1-3-4-16-9-5-7(2)10(15)17-6-8(9)11(12,13)14/h5-6,16H,2-4H2,1H3,(H2,15,17). The van der Waals surface area contributed by atoms with Crippen LogP contribution in [0, 0.1) is 0 Å². The molecule has 1 aliphatic rings. The van der Waals surface area contributed by atoms with Gasteiger partial charge in [-0.15, -0.1) is 0 Å². The van der Waals surface area contributed by atoms with Crippen molar-refractivity contribution in [2.75, 3.05) is 6.54 Å². The summed E-state index contributed by atoms with van der Waals surface area (Å²) in [5.74, 6) is -0.0138. The predicted molar refractivity (Wildman–Crippen MR) is 61.3 cm³/mol. The Kier molecular flexibility index (Phi) is 3.98. The first-order valence-corrected chi connectivity index (χ1v) is 5.12. The fraction of sp³-hybridized carbons (Fsp3) is 0.364. The number of hydrogen-bond donors (Lipinski definition) is 2. The lowest BCUT2D eigenvalue weighted by molar-refractivity contribution is -0.0900. The van der Waals surface area contributed by atoms with Crippen LogP contribution in [0.15, 0.2) is 40.7 Å². The Balaban J connectivity index is 3.12. The topological polar surface area (TPSA) is 50.4 Å². The SMILES string of the molecule is C=C1C=C(NCCC)C(C(F)(F)F)=CN=C1N. The summed E-state index contributed by atoms with van der Waals surface area (Å²) in [6.45, 7) is 5.86. The summed E-state index contributed by atoms with van der Waals surface area (Å²) < 4.78 is 38.3. The van der Waals surface area contributed by atoms with E-state index >= 15 is 0 Å². The third-order valence-electron chi connectivity index (χ3n) is 2.14. The van der Waals surface area contributed by atoms with Crippen LogP contribution in [-0.4, -0.2) is 18.6 Å². The Morgan fingerprint density at radius 1 is 1.47 bits per heavy atom. The van der Waals surface area contributed by atoms with E-state index in [0.29, 0.717) is 13.0 Å². The van der Waals surface area contributed by atoms with E-state index in [1.165, 1.54) is 6.08 Å². The minimum absolute atomic E-state index is 0.0138. The summed E-state index contributed by atoms with van der Waals surface area (Å²) in [7, 11) is 0. The first-order valence-electron chi connectivity index (χ1n) is 5.12. The van der Waals surface area contributed by atoms with Crippen molar-refractivity contribution in [2.24, 2.45) is 10.7 Å². The summed E-state index contributed by atoms with van der Waals surface area (Å²) in [6, 6.07) is 0. The van der Waals surface area contributed by atoms with Gasteiger partial charge in [-0.25, -0.2) is 4.99 Å². The van der Waals surface area contributed by atoms with E-state index < -0.39 is 11.7 Å². The molecular weight excluding hydrogens is 231 g/mol. The van der Waals surface area contributed by atoms with E-state index in [1.54, 1.807) is 0 Å². The molecule has 3 N–H and O–H groups in total. The molecule has 0 aromatic heterocycles. The summed E-state index contributed by atoms with van der Waals surface area (Å²) in [5.41, 5.74) is 4.82. The fourth-order valence-corrected chi connectivity index (χ4v) is 1.24. The van der Waals surface area contributed by atoms with Gasteiger partial charge in [0.2, 0.25) is 0 Å². The van der Waals surface area contributed by atoms with E-state index in [2.05, 4.69) is 16.9 Å². The highest BCUT2D eigenvalue weighted by molar-refractivity contribution is 6.00. The van der Waals surface area contributed by atoms with Crippen LogP contribution in [0.2, 0.25) is 0 Å². The van der Waals surface area contributed by atoms with Gasteiger partial charge in [0.05, 0.1) is 5.57 Å². The quantitative estimate of drug-likeness (QED) is 0.801. The van der Waals surface area contributed by atoms with Gasteiger partial charge in [-0.3, -0.25) is 0 Å². The average molecular weight is 245 g/mol. The Labute approximate surface area is 97.6 Å². The van der Waals surface area contributed by atoms with Crippen LogP contribution in [0.3, 0.4) is 0 Å². The molecule has 0 unspecified atom stereocenters. The molecule has 0 saturated heterocycles. The highest BCUT2D eigenvalue weighted by Crippen LogP contribution is 2.31. The molecule has 94 valence electrons. The Morgan fingerprint density at radius 3 is 2.65 bits per heavy atom. The first-order chi connectivity index (χ1) is 7.86. The van der Waals surface area contributed by atoms with E-state index in [9.17, 15) is 13.2 Å². The van der Waals surface area contributed by atoms with Gasteiger partial charge in [0.1, 0.15) is 5.84 Å². The molecule has 0 atom stereocenters. The van der Waals surface area contributed by atoms with Crippen molar-refractivity contribution < 1.29 is 13.2 Å². The number of rotatable bonds is 3. The second kappa shape index (κ2) is 5.07. The van der Waals surface area contributed by atoms with Gasteiger partial charge in [0.15, 0.2) is 0 Å². The zero-order valence-electron chi connectivity index (χ0n) is 9.43. The van der Waals surface area contributed by atoms with Crippen LogP contribution < -0.4 is 11.1 Å². The molecule has 0 fully saturated rings. The molecule has 1 rings (SSSR count). The minimum atomic E-state index is -4.47. The van der Waals surface area contributed by atoms with Crippen LogP contribution >= 0.6 is 0 Å². The smallest absolute Gasteiger partial charge is 0.385 e. The fourth-order valence-electron chi connectivity index (χ4n) is 1.24. The number of nitrogens with two attached hydrogens (primary N) is 1. The molecule has 3 nitrogen and oxygen atoms in total. The Hall–Kier alpha value is -1.72. The third-order valence-corrected chi connectivity index (χ3v) is 2.14. The largest absolute Gasteiger partial charge is 0.419 e. The van der Waals surface area contributed by atoms with Crippen molar-refractivity contribution in [1.29, 1.82) is 0 Å². The zero-order chi connectivity index (χ0) is 13.1. The second-order valence-corrected chi connectivity index (χ2v) is 3.56. The average Bonchev–Trinajstić information content (AvgIpc) is 2.36. The monoisotopic (exact) mass is 245 g/mol. The molecule has 6 heteroatoms. The number of aliphatic imine (C=N–C) groups is 1. The molecule has 0 radical (unpaired) electrons. The summed E-state index contributed by atoms with van der Waals surface area (Å²) in [4.78, 5) is 3.53. The van der Waals surface area contributed by atoms with Gasteiger partial charge in [-0.05, 0) is 12.5 Å². The van der Waals surface area contributed by atoms with Crippen molar-refractivity contribution in [2.45, 2.75) is 19.5 Å². The van der Waals surface area contributed by atoms with Gasteiger partial charge in [-0.2, -0.15) is 13.2 Å². The summed E-state index contributed by atoms with van der Waals surface area (Å²) in [6.07, 6.45) is -1.77. The van der Waals surface area contributed by atoms with Crippen LogP contribution in [0.25, 0.3) is 0 Å². The number of allylic oxidation sites excluding steroid dienone is 1. The van der Waals surface area contributed by atoms with E-state index in [-0.39, 0.29) is 17.1 Å². The normalized spacial score (nSPS) is 16.9. The molecule has 0 aromatic carbocycles. The molecule has 0 saturated carbocycles. The second-order valence-electron chi connectivity index (χ2n) is 3.56. The maximum Gasteiger partial charge on any atom is 0.419 e. The molecule has 17 heavy (non-hydrogen) atoms. The number of amidine groups is 1. The number of nitrogens with zero attached hydrogens (tertiary/aromatic N) is 1. The van der Waals surface area contributed by atoms with Gasteiger partial charge in [0, 0.05) is 24.0 Å². The number of hydrogen-bond acceptors (Lipinski definition) is 3. The lowest BCUT2D eigenvalue weighted by Gasteiger charge is -2.15. The lowest BCUT2D eigenvalue weighted by atomic mass is 10.1. The van der Waals surface area contributed by atoms with Crippen LogP contribution in [0.4, 0.5) is 13.2 Å². The molecule has 1 aliphatic heterocycles. The van der Waals surface area contributed by atoms with E-state index in [4.69, 9.17) is 5.73 Å². The molecule has 1 heterocycles. The van der Waals surface area contributed by atoms with Crippen LogP contribution in [0.1, 0.15) is 13.3 Å². The van der Waals surface area contributed by atoms with E-state index in [1.807, 2.05) is 6.92 Å². The Morgan fingerprint density at radius 2 is 2.12 bits per heavy atom. The van der Waals surface area contributed by atoms with E-state index in [0.717, 1.165) is 6.20 Å². The van der Waals surface area contributed by atoms with Gasteiger partial charge in [-0.1, -0.05) is 13.5 Å². The molecule has 0 aliphatic carbocycles. The van der Waals surface area contributed by atoms with Crippen LogP contribution in [0.5, 0.6) is 0 Å². The first kappa shape index (κ1) is 13.3. The predicted octanol–water partition coefficient (Wildman–Crippen LogP) is 2.24. The molecular formula is C11H14F3N3. The van der Waals surface area contributed by atoms with Gasteiger partial charge >= 0.3 is 6.18 Å². The summed E-state index contributed by atoms with van der Waals surface area (Å²) in [5, 5.41) is 2.70. The zero-order valence-corrected chi connectivity index (χ0v) is 9.43. The molecule has 0 bridgehead atoms. The molecule has 0 aromatic rings. The van der Waals surface area contributed by atoms with Crippen molar-refractivity contribution in [3.8, 4) is 0 Å². The van der Waals surface area contributed by atoms with Crippen molar-refractivity contribution in [1.82, 2.24) is 5.32 Å². The maximum absolute atomic E-state index is 12.8. The van der Waals surface area contributed by atoms with Gasteiger partial charge in [0.25, 0.3) is 0 Å². The lowest BCUT2D eigenvalue weighted by Crippen LogP contribution is -2.24. The number of halogens is 3. The molecule has 0 amide bonds. The van der Waals surface area contributed by atoms with Gasteiger partial charge < -0.3 is 11.1 Å². The number of nitrogens with one attached hydrogen (secondary N) is 1. The third kappa shape index (κ3) is 3.37. The van der Waals surface area contributed by atoms with Crippen LogP contribution in [-0.2, 0) is 0 Å². The van der Waals surface area contributed by atoms with Crippen molar-refractivity contribution in [3.63, 3.8) is 0 Å². The molecule has 0 spiro atoms. The highest BCUT2D eigenvalue weighted by Gasteiger charge is 2.36. The number of alkyl halides is 3. The van der Waals surface area contributed by atoms with Crippen molar-refractivity contribution >= 4 is 5.84 Å². The summed E-state index contributed by atoms with van der Waals surface area (Å²) >= 11 is 0.